The lowest BCUT2D eigenvalue weighted by Crippen LogP contribution is -2.39. The molecule has 2 saturated heterocycles. The number of hydrogen-bond donors (Lipinski definition) is 1. The lowest BCUT2D eigenvalue weighted by atomic mass is 9.97. The van der Waals surface area contributed by atoms with Crippen molar-refractivity contribution in [2.45, 2.75) is 25.8 Å². The van der Waals surface area contributed by atoms with Gasteiger partial charge in [0.1, 0.15) is 0 Å². The van der Waals surface area contributed by atoms with E-state index in [1.54, 1.807) is 0 Å². The Balaban J connectivity index is 1.73. The average Bonchev–Trinajstić information content (AvgIpc) is 2.79. The first-order valence-corrected chi connectivity index (χ1v) is 6.76. The standard InChI is InChI=1S/C13H27N3/c1-11-7-14-8-12(11)9-15(2)10-13-5-4-6-16(13)3/h11-14H,4-10H2,1-3H3/t11-,12+,13?/m1/s1. The van der Waals surface area contributed by atoms with Gasteiger partial charge in [-0.15, -0.1) is 0 Å². The number of nitrogens with zero attached hydrogens (tertiary/aromatic N) is 2. The summed E-state index contributed by atoms with van der Waals surface area (Å²) in [6, 6.07) is 0.801. The molecule has 2 rings (SSSR count). The van der Waals surface area contributed by atoms with Crippen LogP contribution in [0.15, 0.2) is 0 Å². The Morgan fingerprint density at radius 1 is 1.31 bits per heavy atom. The predicted octanol–water partition coefficient (Wildman–Crippen LogP) is 0.868. The van der Waals surface area contributed by atoms with Crippen molar-refractivity contribution in [1.29, 1.82) is 0 Å². The summed E-state index contributed by atoms with van der Waals surface area (Å²) in [5.74, 6) is 1.71. The van der Waals surface area contributed by atoms with Crippen molar-refractivity contribution in [3.05, 3.63) is 0 Å². The fourth-order valence-corrected chi connectivity index (χ4v) is 3.15. The normalized spacial score (nSPS) is 36.4. The van der Waals surface area contributed by atoms with Crippen LogP contribution in [0.1, 0.15) is 19.8 Å². The maximum atomic E-state index is 3.49. The molecule has 0 bridgehead atoms. The highest BCUT2D eigenvalue weighted by atomic mass is 15.2. The van der Waals surface area contributed by atoms with E-state index < -0.39 is 0 Å². The maximum Gasteiger partial charge on any atom is 0.0220 e. The van der Waals surface area contributed by atoms with Crippen LogP contribution in [0.2, 0.25) is 0 Å². The van der Waals surface area contributed by atoms with Crippen LogP contribution >= 0.6 is 0 Å². The van der Waals surface area contributed by atoms with Crippen molar-refractivity contribution in [3.8, 4) is 0 Å². The van der Waals surface area contributed by atoms with Crippen molar-refractivity contribution < 1.29 is 0 Å². The Hall–Kier alpha value is -0.120. The molecule has 2 aliphatic heterocycles. The van der Waals surface area contributed by atoms with E-state index in [9.17, 15) is 0 Å². The van der Waals surface area contributed by atoms with Gasteiger partial charge < -0.3 is 15.1 Å². The van der Waals surface area contributed by atoms with Crippen LogP contribution in [0, 0.1) is 11.8 Å². The van der Waals surface area contributed by atoms with Crippen LogP contribution in [0.4, 0.5) is 0 Å². The van der Waals surface area contributed by atoms with Crippen molar-refractivity contribution >= 4 is 0 Å². The minimum atomic E-state index is 0.801. The molecule has 0 aromatic carbocycles. The summed E-state index contributed by atoms with van der Waals surface area (Å²) in [5, 5.41) is 3.49. The zero-order valence-electron chi connectivity index (χ0n) is 11.1. The van der Waals surface area contributed by atoms with Crippen molar-refractivity contribution in [2.75, 3.05) is 46.8 Å². The summed E-state index contributed by atoms with van der Waals surface area (Å²) in [7, 11) is 4.56. The Morgan fingerprint density at radius 2 is 2.12 bits per heavy atom. The fourth-order valence-electron chi connectivity index (χ4n) is 3.15. The molecular formula is C13H27N3. The van der Waals surface area contributed by atoms with Gasteiger partial charge >= 0.3 is 0 Å². The lowest BCUT2D eigenvalue weighted by molar-refractivity contribution is 0.193. The van der Waals surface area contributed by atoms with E-state index in [0.717, 1.165) is 17.9 Å². The molecule has 0 saturated carbocycles. The van der Waals surface area contributed by atoms with Gasteiger partial charge in [-0.05, 0) is 58.4 Å². The summed E-state index contributed by atoms with van der Waals surface area (Å²) >= 11 is 0. The molecule has 16 heavy (non-hydrogen) atoms. The molecule has 94 valence electrons. The summed E-state index contributed by atoms with van der Waals surface area (Å²) < 4.78 is 0. The van der Waals surface area contributed by atoms with E-state index in [4.69, 9.17) is 0 Å². The number of nitrogens with one attached hydrogen (secondary N) is 1. The molecule has 0 aromatic heterocycles. The van der Waals surface area contributed by atoms with Gasteiger partial charge in [-0.3, -0.25) is 0 Å². The maximum absolute atomic E-state index is 3.49. The Labute approximate surface area is 100 Å². The minimum absolute atomic E-state index is 0.801. The molecule has 1 unspecified atom stereocenters. The third kappa shape index (κ3) is 2.96. The third-order valence-electron chi connectivity index (χ3n) is 4.42. The first-order valence-electron chi connectivity index (χ1n) is 6.76. The van der Waals surface area contributed by atoms with E-state index >= 15 is 0 Å². The molecule has 0 aromatic rings. The first-order chi connectivity index (χ1) is 7.66. The quantitative estimate of drug-likeness (QED) is 0.766. The lowest BCUT2D eigenvalue weighted by Gasteiger charge is -2.28. The summed E-state index contributed by atoms with van der Waals surface area (Å²) in [5.41, 5.74) is 0. The summed E-state index contributed by atoms with van der Waals surface area (Å²) in [6.45, 7) is 8.60. The molecule has 3 atom stereocenters. The Bertz CT molecular complexity index is 197. The molecule has 3 nitrogen and oxygen atoms in total. The fraction of sp³-hybridized carbons (Fsp3) is 1.00. The predicted molar refractivity (Wildman–Crippen MR) is 68.7 cm³/mol. The highest BCUT2D eigenvalue weighted by Crippen LogP contribution is 2.19. The minimum Gasteiger partial charge on any atom is -0.316 e. The molecule has 0 radical (unpaired) electrons. The second-order valence-corrected chi connectivity index (χ2v) is 5.89. The topological polar surface area (TPSA) is 18.5 Å². The zero-order valence-corrected chi connectivity index (χ0v) is 11.1. The van der Waals surface area contributed by atoms with Crippen molar-refractivity contribution in [2.24, 2.45) is 11.8 Å². The molecule has 0 amide bonds. The van der Waals surface area contributed by atoms with Crippen LogP contribution < -0.4 is 5.32 Å². The molecule has 1 N–H and O–H groups in total. The van der Waals surface area contributed by atoms with E-state index in [0.29, 0.717) is 0 Å². The van der Waals surface area contributed by atoms with Crippen LogP contribution in [0.5, 0.6) is 0 Å². The molecule has 3 heteroatoms. The molecule has 2 aliphatic rings. The smallest absolute Gasteiger partial charge is 0.0220 e. The van der Waals surface area contributed by atoms with Crippen LogP contribution in [0.3, 0.4) is 0 Å². The van der Waals surface area contributed by atoms with Crippen LogP contribution in [0.25, 0.3) is 0 Å². The SMILES string of the molecule is C[C@@H]1CNC[C@H]1CN(C)CC1CCCN1C. The van der Waals surface area contributed by atoms with E-state index in [-0.39, 0.29) is 0 Å². The van der Waals surface area contributed by atoms with Gasteiger partial charge in [0.05, 0.1) is 0 Å². The first kappa shape index (κ1) is 12.3. The van der Waals surface area contributed by atoms with Gasteiger partial charge in [-0.1, -0.05) is 6.92 Å². The van der Waals surface area contributed by atoms with E-state index in [1.165, 1.54) is 45.6 Å². The Morgan fingerprint density at radius 3 is 2.69 bits per heavy atom. The van der Waals surface area contributed by atoms with Crippen LogP contribution in [-0.4, -0.2) is 62.7 Å². The second-order valence-electron chi connectivity index (χ2n) is 5.89. The highest BCUT2D eigenvalue weighted by Gasteiger charge is 2.26. The van der Waals surface area contributed by atoms with Crippen LogP contribution in [-0.2, 0) is 0 Å². The Kier molecular flexibility index (Phi) is 4.22. The molecule has 2 heterocycles. The highest BCUT2D eigenvalue weighted by molar-refractivity contribution is 4.83. The summed E-state index contributed by atoms with van der Waals surface area (Å²) in [6.07, 6.45) is 2.77. The molecule has 0 aliphatic carbocycles. The largest absolute Gasteiger partial charge is 0.316 e. The molecule has 2 fully saturated rings. The van der Waals surface area contributed by atoms with E-state index in [1.807, 2.05) is 0 Å². The van der Waals surface area contributed by atoms with E-state index in [2.05, 4.69) is 36.1 Å². The summed E-state index contributed by atoms with van der Waals surface area (Å²) in [4.78, 5) is 5.06. The van der Waals surface area contributed by atoms with Gasteiger partial charge in [-0.25, -0.2) is 0 Å². The molecular weight excluding hydrogens is 198 g/mol. The van der Waals surface area contributed by atoms with Crippen molar-refractivity contribution in [1.82, 2.24) is 15.1 Å². The number of rotatable bonds is 4. The van der Waals surface area contributed by atoms with Gasteiger partial charge in [0.25, 0.3) is 0 Å². The van der Waals surface area contributed by atoms with Crippen molar-refractivity contribution in [3.63, 3.8) is 0 Å². The average molecular weight is 225 g/mol. The second kappa shape index (κ2) is 5.48. The van der Waals surface area contributed by atoms with Gasteiger partial charge in [0.2, 0.25) is 0 Å². The van der Waals surface area contributed by atoms with Gasteiger partial charge in [0.15, 0.2) is 0 Å². The third-order valence-corrected chi connectivity index (χ3v) is 4.42. The van der Waals surface area contributed by atoms with Gasteiger partial charge in [-0.2, -0.15) is 0 Å². The zero-order chi connectivity index (χ0) is 11.5. The number of likely N-dealkylation sites (tertiary alicyclic amines) is 1. The number of hydrogen-bond acceptors (Lipinski definition) is 3. The van der Waals surface area contributed by atoms with Gasteiger partial charge in [0, 0.05) is 19.1 Å². The number of likely N-dealkylation sites (N-methyl/N-ethyl adjacent to an activating group) is 2. The molecule has 0 spiro atoms. The monoisotopic (exact) mass is 225 g/mol.